The highest BCUT2D eigenvalue weighted by Gasteiger charge is 2.29. The molecule has 2 aromatic carbocycles. The summed E-state index contributed by atoms with van der Waals surface area (Å²) in [6, 6.07) is 11.9. The molecule has 3 N–H and O–H groups in total. The van der Waals surface area contributed by atoms with E-state index in [0.29, 0.717) is 34.7 Å². The standard InChI is InChI=1S/C31H36N6O3/c1-19-6-7-23(40-3)15-21(19)14-20(2)33-25-8-9-32-30(38)28(25)29-34-26-16-22-18-37(13-12-36-10-4-5-11-36)31(39)24(22)17-27(26)35-29/h6-9,15-17,20H,4-5,10-14,18H2,1-3H3,(H,34,35)(H2,32,33,38). The van der Waals surface area contributed by atoms with Crippen molar-refractivity contribution >= 4 is 22.6 Å². The second-order valence-electron chi connectivity index (χ2n) is 11.0. The van der Waals surface area contributed by atoms with E-state index in [1.807, 2.05) is 29.2 Å². The Morgan fingerprint density at radius 2 is 1.93 bits per heavy atom. The van der Waals surface area contributed by atoms with Crippen LogP contribution >= 0.6 is 0 Å². The van der Waals surface area contributed by atoms with Crippen LogP contribution in [0.3, 0.4) is 0 Å². The molecule has 1 atom stereocenters. The Morgan fingerprint density at radius 3 is 2.73 bits per heavy atom. The molecule has 1 fully saturated rings. The van der Waals surface area contributed by atoms with Crippen LogP contribution in [0, 0.1) is 6.92 Å². The van der Waals surface area contributed by atoms with Crippen molar-refractivity contribution in [1.29, 1.82) is 0 Å². The predicted octanol–water partition coefficient (Wildman–Crippen LogP) is 4.33. The average molecular weight is 541 g/mol. The Labute approximate surface area is 233 Å². The lowest BCUT2D eigenvalue weighted by Gasteiger charge is -2.20. The second kappa shape index (κ2) is 10.8. The summed E-state index contributed by atoms with van der Waals surface area (Å²) >= 11 is 0. The fraction of sp³-hybridized carbons (Fsp3) is 0.387. The number of nitrogens with zero attached hydrogens (tertiary/aromatic N) is 3. The molecular formula is C31H36N6O3. The number of H-pyrrole nitrogens is 2. The number of imidazole rings is 1. The number of rotatable bonds is 9. The number of nitrogens with one attached hydrogen (secondary N) is 3. The van der Waals surface area contributed by atoms with Crippen molar-refractivity contribution < 1.29 is 9.53 Å². The maximum Gasteiger partial charge on any atom is 0.261 e. The first-order valence-corrected chi connectivity index (χ1v) is 14.1. The van der Waals surface area contributed by atoms with Gasteiger partial charge in [0.15, 0.2) is 0 Å². The summed E-state index contributed by atoms with van der Waals surface area (Å²) in [4.78, 5) is 41.5. The fourth-order valence-electron chi connectivity index (χ4n) is 5.92. The molecule has 0 radical (unpaired) electrons. The number of methoxy groups -OCH3 is 1. The Kier molecular flexibility index (Phi) is 7.06. The van der Waals surface area contributed by atoms with Crippen LogP contribution in [0.2, 0.25) is 0 Å². The lowest BCUT2D eigenvalue weighted by atomic mass is 10.0. The Balaban J connectivity index is 1.23. The number of aryl methyl sites for hydroxylation is 1. The van der Waals surface area contributed by atoms with Crippen molar-refractivity contribution in [1.82, 2.24) is 24.8 Å². The summed E-state index contributed by atoms with van der Waals surface area (Å²) in [5.41, 5.74) is 6.49. The van der Waals surface area contributed by atoms with Gasteiger partial charge in [0.25, 0.3) is 11.5 Å². The molecule has 0 aliphatic carbocycles. The van der Waals surface area contributed by atoms with E-state index in [4.69, 9.17) is 9.72 Å². The van der Waals surface area contributed by atoms with Crippen molar-refractivity contribution in [2.75, 3.05) is 38.6 Å². The monoisotopic (exact) mass is 540 g/mol. The number of aromatic nitrogens is 3. The van der Waals surface area contributed by atoms with E-state index < -0.39 is 0 Å². The van der Waals surface area contributed by atoms with E-state index in [2.05, 4.69) is 46.2 Å². The number of ether oxygens (including phenoxy) is 1. The van der Waals surface area contributed by atoms with Crippen molar-refractivity contribution in [3.8, 4) is 17.1 Å². The van der Waals surface area contributed by atoms with E-state index in [1.54, 1.807) is 13.3 Å². The van der Waals surface area contributed by atoms with E-state index >= 15 is 0 Å². The van der Waals surface area contributed by atoms with E-state index in [0.717, 1.165) is 49.4 Å². The number of carbonyl (C=O) groups is 1. The van der Waals surface area contributed by atoms with Crippen LogP contribution in [0.25, 0.3) is 22.4 Å². The number of fused-ring (bicyclic) bond motifs is 2. The number of benzene rings is 2. The molecule has 0 spiro atoms. The number of carbonyl (C=O) groups excluding carboxylic acids is 1. The summed E-state index contributed by atoms with van der Waals surface area (Å²) in [5, 5.41) is 3.52. The van der Waals surface area contributed by atoms with Crippen molar-refractivity contribution in [2.24, 2.45) is 0 Å². The van der Waals surface area contributed by atoms with Crippen LogP contribution in [-0.4, -0.2) is 70.0 Å². The summed E-state index contributed by atoms with van der Waals surface area (Å²) in [6.45, 7) is 8.69. The van der Waals surface area contributed by atoms with Crippen molar-refractivity contribution in [3.63, 3.8) is 0 Å². The summed E-state index contributed by atoms with van der Waals surface area (Å²) in [5.74, 6) is 1.36. The SMILES string of the molecule is COc1ccc(C)c(CC(C)Nc2cc[nH]c(=O)c2-c2nc3cc4c(cc3[nH]2)CN(CCN2CCCC2)C4=O)c1. The molecule has 0 bridgehead atoms. The number of hydrogen-bond acceptors (Lipinski definition) is 6. The molecule has 9 heteroatoms. The Bertz CT molecular complexity index is 1620. The minimum Gasteiger partial charge on any atom is -0.497 e. The number of likely N-dealkylation sites (tertiary alicyclic amines) is 1. The first-order valence-electron chi connectivity index (χ1n) is 14.1. The number of hydrogen-bond donors (Lipinski definition) is 3. The zero-order valence-corrected chi connectivity index (χ0v) is 23.3. The van der Waals surface area contributed by atoms with Gasteiger partial charge in [0.1, 0.15) is 17.1 Å². The van der Waals surface area contributed by atoms with Crippen LogP contribution in [0.1, 0.15) is 46.8 Å². The summed E-state index contributed by atoms with van der Waals surface area (Å²) in [7, 11) is 1.67. The van der Waals surface area contributed by atoms with Gasteiger partial charge in [-0.05, 0) is 93.2 Å². The van der Waals surface area contributed by atoms with Crippen molar-refractivity contribution in [3.05, 3.63) is 75.2 Å². The van der Waals surface area contributed by atoms with Gasteiger partial charge < -0.3 is 29.8 Å². The third-order valence-electron chi connectivity index (χ3n) is 8.15. The van der Waals surface area contributed by atoms with Gasteiger partial charge in [0.05, 0.1) is 23.8 Å². The molecular weight excluding hydrogens is 504 g/mol. The molecule has 0 saturated carbocycles. The van der Waals surface area contributed by atoms with Crippen LogP contribution < -0.4 is 15.6 Å². The van der Waals surface area contributed by atoms with Gasteiger partial charge in [-0.3, -0.25) is 9.59 Å². The normalized spacial score (nSPS) is 16.1. The first-order chi connectivity index (χ1) is 19.4. The largest absolute Gasteiger partial charge is 0.497 e. The number of amides is 1. The van der Waals surface area contributed by atoms with Crippen LogP contribution in [0.4, 0.5) is 5.69 Å². The molecule has 2 aromatic heterocycles. The number of anilines is 1. The van der Waals surface area contributed by atoms with Gasteiger partial charge >= 0.3 is 0 Å². The van der Waals surface area contributed by atoms with E-state index in [-0.39, 0.29) is 17.5 Å². The fourth-order valence-corrected chi connectivity index (χ4v) is 5.92. The topological polar surface area (TPSA) is 106 Å². The number of aromatic amines is 2. The van der Waals surface area contributed by atoms with Gasteiger partial charge in [-0.15, -0.1) is 0 Å². The molecule has 1 unspecified atom stereocenters. The molecule has 40 heavy (non-hydrogen) atoms. The minimum absolute atomic E-state index is 0.0451. The van der Waals surface area contributed by atoms with Gasteiger partial charge in [-0.1, -0.05) is 6.07 Å². The zero-order chi connectivity index (χ0) is 27.8. The highest BCUT2D eigenvalue weighted by atomic mass is 16.5. The molecule has 1 amide bonds. The third-order valence-corrected chi connectivity index (χ3v) is 8.15. The molecule has 2 aliphatic heterocycles. The maximum atomic E-state index is 13.2. The van der Waals surface area contributed by atoms with E-state index in [1.165, 1.54) is 24.0 Å². The van der Waals surface area contributed by atoms with Gasteiger partial charge in [0.2, 0.25) is 0 Å². The summed E-state index contributed by atoms with van der Waals surface area (Å²) in [6.07, 6.45) is 4.90. The molecule has 4 aromatic rings. The molecule has 2 aliphatic rings. The Hall–Kier alpha value is -4.11. The smallest absolute Gasteiger partial charge is 0.261 e. The molecule has 6 rings (SSSR count). The third kappa shape index (κ3) is 5.09. The zero-order valence-electron chi connectivity index (χ0n) is 23.3. The van der Waals surface area contributed by atoms with Gasteiger partial charge in [-0.2, -0.15) is 0 Å². The molecule has 4 heterocycles. The quantitative estimate of drug-likeness (QED) is 0.292. The Morgan fingerprint density at radius 1 is 1.10 bits per heavy atom. The highest BCUT2D eigenvalue weighted by Crippen LogP contribution is 2.30. The predicted molar refractivity (Wildman–Crippen MR) is 157 cm³/mol. The first kappa shape index (κ1) is 26.1. The van der Waals surface area contributed by atoms with Gasteiger partial charge in [0, 0.05) is 37.4 Å². The average Bonchev–Trinajstić information content (AvgIpc) is 3.67. The number of pyridine rings is 1. The van der Waals surface area contributed by atoms with Gasteiger partial charge in [-0.25, -0.2) is 4.98 Å². The van der Waals surface area contributed by atoms with Crippen molar-refractivity contribution in [2.45, 2.75) is 45.7 Å². The minimum atomic E-state index is -0.231. The lowest BCUT2D eigenvalue weighted by molar-refractivity contribution is 0.0763. The maximum absolute atomic E-state index is 13.2. The molecule has 1 saturated heterocycles. The summed E-state index contributed by atoms with van der Waals surface area (Å²) < 4.78 is 5.40. The van der Waals surface area contributed by atoms with E-state index in [9.17, 15) is 9.59 Å². The van der Waals surface area contributed by atoms with Crippen LogP contribution in [0.15, 0.2) is 47.4 Å². The molecule has 208 valence electrons. The van der Waals surface area contributed by atoms with Crippen LogP contribution in [-0.2, 0) is 13.0 Å². The highest BCUT2D eigenvalue weighted by molar-refractivity contribution is 6.02. The second-order valence-corrected chi connectivity index (χ2v) is 11.0. The lowest BCUT2D eigenvalue weighted by Crippen LogP contribution is -2.33. The molecule has 9 nitrogen and oxygen atoms in total. The van der Waals surface area contributed by atoms with Crippen LogP contribution in [0.5, 0.6) is 5.75 Å².